The SMILES string of the molecule is CC(=O)NC(C)c1ccc(-c2csc(NC(=O)Cc3ccc([N+](=O)[O-])cc3)n2)cc1. The zero-order valence-electron chi connectivity index (χ0n) is 16.4. The minimum absolute atomic E-state index is 0.0128. The highest BCUT2D eigenvalue weighted by molar-refractivity contribution is 7.14. The average molecular weight is 424 g/mol. The fourth-order valence-corrected chi connectivity index (χ4v) is 3.61. The molecule has 0 aliphatic heterocycles. The van der Waals surface area contributed by atoms with Gasteiger partial charge in [-0.25, -0.2) is 4.98 Å². The third-order valence-corrected chi connectivity index (χ3v) is 5.15. The van der Waals surface area contributed by atoms with Gasteiger partial charge in [-0.05, 0) is 18.1 Å². The van der Waals surface area contributed by atoms with E-state index in [0.717, 1.165) is 16.8 Å². The maximum Gasteiger partial charge on any atom is 0.269 e. The van der Waals surface area contributed by atoms with Crippen molar-refractivity contribution in [3.63, 3.8) is 0 Å². The van der Waals surface area contributed by atoms with Crippen LogP contribution in [-0.2, 0) is 16.0 Å². The maximum absolute atomic E-state index is 12.2. The number of nitro groups is 1. The summed E-state index contributed by atoms with van der Waals surface area (Å²) in [5, 5.41) is 18.6. The molecule has 1 aromatic heterocycles. The van der Waals surface area contributed by atoms with Gasteiger partial charge in [-0.15, -0.1) is 11.3 Å². The van der Waals surface area contributed by atoms with Crippen LogP contribution in [0.15, 0.2) is 53.9 Å². The number of non-ortho nitro benzene ring substituents is 1. The highest BCUT2D eigenvalue weighted by atomic mass is 32.1. The topological polar surface area (TPSA) is 114 Å². The molecule has 9 heteroatoms. The van der Waals surface area contributed by atoms with Crippen LogP contribution in [0.1, 0.15) is 31.0 Å². The molecule has 0 spiro atoms. The summed E-state index contributed by atoms with van der Waals surface area (Å²) >= 11 is 1.32. The van der Waals surface area contributed by atoms with E-state index in [4.69, 9.17) is 0 Å². The van der Waals surface area contributed by atoms with Crippen molar-refractivity contribution in [2.75, 3.05) is 5.32 Å². The number of nitrogens with one attached hydrogen (secondary N) is 2. The fraction of sp³-hybridized carbons (Fsp3) is 0.190. The number of rotatable bonds is 7. The molecule has 2 aromatic carbocycles. The van der Waals surface area contributed by atoms with E-state index in [-0.39, 0.29) is 30.0 Å². The fourth-order valence-electron chi connectivity index (χ4n) is 2.88. The van der Waals surface area contributed by atoms with Gasteiger partial charge < -0.3 is 10.6 Å². The first-order chi connectivity index (χ1) is 14.3. The van der Waals surface area contributed by atoms with Crippen LogP contribution in [0, 0.1) is 10.1 Å². The predicted molar refractivity (Wildman–Crippen MR) is 115 cm³/mol. The minimum Gasteiger partial charge on any atom is -0.350 e. The molecule has 154 valence electrons. The first-order valence-electron chi connectivity index (χ1n) is 9.18. The number of hydrogen-bond acceptors (Lipinski definition) is 6. The number of thiazole rings is 1. The molecule has 3 aromatic rings. The molecule has 2 N–H and O–H groups in total. The van der Waals surface area contributed by atoms with Gasteiger partial charge >= 0.3 is 0 Å². The van der Waals surface area contributed by atoms with Crippen LogP contribution in [0.5, 0.6) is 0 Å². The average Bonchev–Trinajstić information content (AvgIpc) is 3.16. The summed E-state index contributed by atoms with van der Waals surface area (Å²) in [6.45, 7) is 3.40. The molecule has 0 bridgehead atoms. The van der Waals surface area contributed by atoms with E-state index in [2.05, 4.69) is 15.6 Å². The Bertz CT molecular complexity index is 1060. The molecular weight excluding hydrogens is 404 g/mol. The Morgan fingerprint density at radius 2 is 1.80 bits per heavy atom. The zero-order valence-corrected chi connectivity index (χ0v) is 17.2. The van der Waals surface area contributed by atoms with Crippen LogP contribution >= 0.6 is 11.3 Å². The van der Waals surface area contributed by atoms with Gasteiger partial charge in [-0.1, -0.05) is 36.4 Å². The van der Waals surface area contributed by atoms with Crippen molar-refractivity contribution in [3.05, 3.63) is 75.2 Å². The molecule has 0 fully saturated rings. The minimum atomic E-state index is -0.478. The highest BCUT2D eigenvalue weighted by Gasteiger charge is 2.11. The van der Waals surface area contributed by atoms with Crippen LogP contribution in [0.2, 0.25) is 0 Å². The summed E-state index contributed by atoms with van der Waals surface area (Å²) in [7, 11) is 0. The first kappa shape index (κ1) is 21.1. The lowest BCUT2D eigenvalue weighted by atomic mass is 10.1. The Morgan fingerprint density at radius 3 is 2.40 bits per heavy atom. The molecule has 1 unspecified atom stereocenters. The van der Waals surface area contributed by atoms with Crippen molar-refractivity contribution in [3.8, 4) is 11.3 Å². The second kappa shape index (κ2) is 9.27. The third-order valence-electron chi connectivity index (χ3n) is 4.39. The zero-order chi connectivity index (χ0) is 21.7. The summed E-state index contributed by atoms with van der Waals surface area (Å²) in [5.41, 5.74) is 3.30. The summed E-state index contributed by atoms with van der Waals surface area (Å²) in [5.74, 6) is -0.329. The van der Waals surface area contributed by atoms with Crippen molar-refractivity contribution in [2.24, 2.45) is 0 Å². The summed E-state index contributed by atoms with van der Waals surface area (Å²) < 4.78 is 0. The number of hydrogen-bond donors (Lipinski definition) is 2. The van der Waals surface area contributed by atoms with Crippen molar-refractivity contribution in [1.82, 2.24) is 10.3 Å². The largest absolute Gasteiger partial charge is 0.350 e. The van der Waals surface area contributed by atoms with Crippen molar-refractivity contribution in [1.29, 1.82) is 0 Å². The van der Waals surface area contributed by atoms with E-state index in [1.807, 2.05) is 36.6 Å². The quantitative estimate of drug-likeness (QED) is 0.438. The number of nitro benzene ring substituents is 1. The number of benzene rings is 2. The Labute approximate surface area is 177 Å². The molecule has 1 atom stereocenters. The van der Waals surface area contributed by atoms with E-state index in [1.54, 1.807) is 12.1 Å². The molecular formula is C21H20N4O4S. The Hall–Kier alpha value is -3.59. The molecule has 2 amide bonds. The van der Waals surface area contributed by atoms with Gasteiger partial charge in [0.05, 0.1) is 23.1 Å². The van der Waals surface area contributed by atoms with Gasteiger partial charge in [0.2, 0.25) is 11.8 Å². The first-order valence-corrected chi connectivity index (χ1v) is 10.1. The number of carbonyl (C=O) groups is 2. The van der Waals surface area contributed by atoms with Crippen molar-refractivity contribution >= 4 is 34.0 Å². The second-order valence-electron chi connectivity index (χ2n) is 6.73. The molecule has 30 heavy (non-hydrogen) atoms. The Morgan fingerprint density at radius 1 is 1.13 bits per heavy atom. The van der Waals surface area contributed by atoms with Crippen LogP contribution in [-0.4, -0.2) is 21.7 Å². The van der Waals surface area contributed by atoms with E-state index < -0.39 is 4.92 Å². The maximum atomic E-state index is 12.2. The van der Waals surface area contributed by atoms with Crippen molar-refractivity contribution < 1.29 is 14.5 Å². The van der Waals surface area contributed by atoms with E-state index >= 15 is 0 Å². The lowest BCUT2D eigenvalue weighted by Crippen LogP contribution is -2.23. The number of nitrogens with zero attached hydrogens (tertiary/aromatic N) is 2. The highest BCUT2D eigenvalue weighted by Crippen LogP contribution is 2.26. The summed E-state index contributed by atoms with van der Waals surface area (Å²) in [4.78, 5) is 38.1. The van der Waals surface area contributed by atoms with Gasteiger partial charge in [0.15, 0.2) is 5.13 Å². The molecule has 0 saturated carbocycles. The lowest BCUT2D eigenvalue weighted by Gasteiger charge is -2.13. The van der Waals surface area contributed by atoms with E-state index in [9.17, 15) is 19.7 Å². The Kier molecular flexibility index (Phi) is 6.53. The van der Waals surface area contributed by atoms with Crippen LogP contribution in [0.25, 0.3) is 11.3 Å². The van der Waals surface area contributed by atoms with Gasteiger partial charge in [0.25, 0.3) is 5.69 Å². The van der Waals surface area contributed by atoms with Gasteiger partial charge in [-0.3, -0.25) is 19.7 Å². The number of anilines is 1. The van der Waals surface area contributed by atoms with Crippen LogP contribution in [0.3, 0.4) is 0 Å². The number of amides is 2. The van der Waals surface area contributed by atoms with Gasteiger partial charge in [-0.2, -0.15) is 0 Å². The molecule has 0 aliphatic rings. The summed E-state index contributed by atoms with van der Waals surface area (Å²) in [6.07, 6.45) is 0.0998. The Balaban J connectivity index is 1.61. The normalized spacial score (nSPS) is 11.5. The standard InChI is InChI=1S/C21H20N4O4S/c1-13(22-14(2)26)16-5-7-17(8-6-16)19-12-30-21(23-19)24-20(27)11-15-3-9-18(10-4-15)25(28)29/h3-10,12-13H,11H2,1-2H3,(H,22,26)(H,23,24,27). The second-order valence-corrected chi connectivity index (χ2v) is 7.59. The van der Waals surface area contributed by atoms with Crippen LogP contribution in [0.4, 0.5) is 10.8 Å². The summed E-state index contributed by atoms with van der Waals surface area (Å²) in [6, 6.07) is 13.5. The van der Waals surface area contributed by atoms with E-state index in [1.165, 1.54) is 30.4 Å². The van der Waals surface area contributed by atoms with Gasteiger partial charge in [0, 0.05) is 30.0 Å². The van der Waals surface area contributed by atoms with Crippen molar-refractivity contribution in [2.45, 2.75) is 26.3 Å². The smallest absolute Gasteiger partial charge is 0.269 e. The van der Waals surface area contributed by atoms with Gasteiger partial charge in [0.1, 0.15) is 0 Å². The third kappa shape index (κ3) is 5.48. The lowest BCUT2D eigenvalue weighted by molar-refractivity contribution is -0.384. The molecule has 1 heterocycles. The predicted octanol–water partition coefficient (Wildman–Crippen LogP) is 4.10. The monoisotopic (exact) mass is 424 g/mol. The number of carbonyl (C=O) groups excluding carboxylic acids is 2. The van der Waals surface area contributed by atoms with E-state index in [0.29, 0.717) is 10.7 Å². The molecule has 0 saturated heterocycles. The molecule has 0 radical (unpaired) electrons. The number of aromatic nitrogens is 1. The molecule has 3 rings (SSSR count). The van der Waals surface area contributed by atoms with Crippen LogP contribution < -0.4 is 10.6 Å². The molecule has 8 nitrogen and oxygen atoms in total. The molecule has 0 aliphatic carbocycles.